The molecule has 6 heteroatoms. The van der Waals surface area contributed by atoms with Crippen molar-refractivity contribution in [3.63, 3.8) is 0 Å². The molecular weight excluding hydrogens is 330 g/mol. The van der Waals surface area contributed by atoms with Gasteiger partial charge in [0.2, 0.25) is 0 Å². The van der Waals surface area contributed by atoms with Crippen LogP contribution in [0.25, 0.3) is 0 Å². The Morgan fingerprint density at radius 2 is 1.81 bits per heavy atom. The highest BCUT2D eigenvalue weighted by Crippen LogP contribution is 2.26. The molecule has 1 aromatic heterocycles. The number of aromatic nitrogens is 1. The van der Waals surface area contributed by atoms with Crippen LogP contribution in [0.5, 0.6) is 11.5 Å². The van der Waals surface area contributed by atoms with Crippen LogP contribution in [0.1, 0.15) is 34.9 Å². The van der Waals surface area contributed by atoms with Gasteiger partial charge in [-0.1, -0.05) is 0 Å². The number of carbonyl (C=O) groups excluding carboxylic acids is 1. The second-order valence-corrected chi connectivity index (χ2v) is 6.61. The van der Waals surface area contributed by atoms with Crippen molar-refractivity contribution < 1.29 is 14.3 Å². The number of rotatable bonds is 7. The van der Waals surface area contributed by atoms with Crippen LogP contribution in [-0.2, 0) is 7.05 Å². The Balaban J connectivity index is 1.74. The first kappa shape index (κ1) is 18.3. The van der Waals surface area contributed by atoms with Crippen LogP contribution in [0.3, 0.4) is 0 Å². The Kier molecular flexibility index (Phi) is 5.83. The summed E-state index contributed by atoms with van der Waals surface area (Å²) in [7, 11) is 5.21. The fourth-order valence-corrected chi connectivity index (χ4v) is 3.52. The summed E-state index contributed by atoms with van der Waals surface area (Å²) in [5.74, 6) is 1.08. The lowest BCUT2D eigenvalue weighted by Gasteiger charge is -2.28. The third-order valence-electron chi connectivity index (χ3n) is 4.98. The summed E-state index contributed by atoms with van der Waals surface area (Å²) in [6.45, 7) is 2.70. The molecule has 1 aliphatic heterocycles. The molecule has 0 unspecified atom stereocenters. The van der Waals surface area contributed by atoms with Gasteiger partial charge in [0.1, 0.15) is 11.5 Å². The number of nitrogens with one attached hydrogen (secondary N) is 1. The molecule has 3 rings (SSSR count). The predicted molar refractivity (Wildman–Crippen MR) is 101 cm³/mol. The minimum atomic E-state index is -0.124. The lowest BCUT2D eigenvalue weighted by Crippen LogP contribution is -2.37. The van der Waals surface area contributed by atoms with Gasteiger partial charge in [-0.3, -0.25) is 9.69 Å². The third-order valence-corrected chi connectivity index (χ3v) is 4.98. The molecule has 0 bridgehead atoms. The Morgan fingerprint density at radius 1 is 1.15 bits per heavy atom. The van der Waals surface area contributed by atoms with Gasteiger partial charge in [0.15, 0.2) is 0 Å². The van der Waals surface area contributed by atoms with E-state index in [1.54, 1.807) is 32.4 Å². The third kappa shape index (κ3) is 4.02. The van der Waals surface area contributed by atoms with Crippen LogP contribution in [0, 0.1) is 0 Å². The number of hydrogen-bond acceptors (Lipinski definition) is 4. The lowest BCUT2D eigenvalue weighted by molar-refractivity contribution is 0.0936. The molecule has 0 saturated carbocycles. The van der Waals surface area contributed by atoms with Crippen molar-refractivity contribution >= 4 is 5.91 Å². The van der Waals surface area contributed by atoms with Crippen LogP contribution < -0.4 is 14.8 Å². The summed E-state index contributed by atoms with van der Waals surface area (Å²) >= 11 is 0. The molecule has 1 aliphatic rings. The van der Waals surface area contributed by atoms with Gasteiger partial charge in [0.25, 0.3) is 5.91 Å². The zero-order valence-electron chi connectivity index (χ0n) is 15.7. The molecule has 1 amide bonds. The maximum atomic E-state index is 12.7. The van der Waals surface area contributed by atoms with Crippen LogP contribution in [0.2, 0.25) is 0 Å². The normalized spacial score (nSPS) is 15.7. The van der Waals surface area contributed by atoms with E-state index < -0.39 is 0 Å². The van der Waals surface area contributed by atoms with Crippen LogP contribution in [-0.4, -0.2) is 49.2 Å². The number of methoxy groups -OCH3 is 2. The molecule has 0 spiro atoms. The quantitative estimate of drug-likeness (QED) is 0.828. The molecule has 1 aromatic carbocycles. The maximum absolute atomic E-state index is 12.7. The number of likely N-dealkylation sites (tertiary alicyclic amines) is 1. The summed E-state index contributed by atoms with van der Waals surface area (Å²) in [6, 6.07) is 9.56. The van der Waals surface area contributed by atoms with E-state index in [4.69, 9.17) is 9.47 Å². The van der Waals surface area contributed by atoms with E-state index in [0.29, 0.717) is 23.6 Å². The predicted octanol–water partition coefficient (Wildman–Crippen LogP) is 2.61. The van der Waals surface area contributed by atoms with Crippen molar-refractivity contribution in [3.05, 3.63) is 47.8 Å². The minimum Gasteiger partial charge on any atom is -0.497 e. The van der Waals surface area contributed by atoms with E-state index >= 15 is 0 Å². The van der Waals surface area contributed by atoms with E-state index in [1.165, 1.54) is 18.5 Å². The largest absolute Gasteiger partial charge is 0.497 e. The fraction of sp³-hybridized carbons (Fsp3) is 0.450. The van der Waals surface area contributed by atoms with E-state index in [2.05, 4.69) is 20.9 Å². The average Bonchev–Trinajstić information content (AvgIpc) is 3.34. The zero-order valence-corrected chi connectivity index (χ0v) is 15.7. The molecule has 6 nitrogen and oxygen atoms in total. The number of benzene rings is 1. The summed E-state index contributed by atoms with van der Waals surface area (Å²) in [5.41, 5.74) is 1.75. The first-order valence-corrected chi connectivity index (χ1v) is 8.99. The van der Waals surface area contributed by atoms with Gasteiger partial charge in [-0.15, -0.1) is 0 Å². The van der Waals surface area contributed by atoms with Gasteiger partial charge in [0.05, 0.1) is 20.3 Å². The Morgan fingerprint density at radius 3 is 2.35 bits per heavy atom. The van der Waals surface area contributed by atoms with Gasteiger partial charge in [-0.05, 0) is 50.2 Å². The van der Waals surface area contributed by atoms with Gasteiger partial charge >= 0.3 is 0 Å². The second-order valence-electron chi connectivity index (χ2n) is 6.61. The molecule has 1 N–H and O–H groups in total. The number of hydrogen-bond donors (Lipinski definition) is 1. The average molecular weight is 357 g/mol. The van der Waals surface area contributed by atoms with Crippen molar-refractivity contribution in [2.45, 2.75) is 18.9 Å². The molecule has 26 heavy (non-hydrogen) atoms. The number of carbonyl (C=O) groups is 1. The molecule has 1 atom stereocenters. The SMILES string of the molecule is COc1cc(OC)cc(C(=O)NC[C@@H](c2cccn2C)N2CCCC2)c1. The van der Waals surface area contributed by atoms with Crippen molar-refractivity contribution in [2.24, 2.45) is 7.05 Å². The maximum Gasteiger partial charge on any atom is 0.251 e. The smallest absolute Gasteiger partial charge is 0.251 e. The summed E-state index contributed by atoms with van der Waals surface area (Å²) in [6.07, 6.45) is 4.47. The second kappa shape index (κ2) is 8.27. The highest BCUT2D eigenvalue weighted by atomic mass is 16.5. The van der Waals surface area contributed by atoms with Gasteiger partial charge < -0.3 is 19.4 Å². The zero-order chi connectivity index (χ0) is 18.5. The van der Waals surface area contributed by atoms with Gasteiger partial charge in [-0.2, -0.15) is 0 Å². The van der Waals surface area contributed by atoms with E-state index in [1.807, 2.05) is 19.3 Å². The van der Waals surface area contributed by atoms with Crippen molar-refractivity contribution in [3.8, 4) is 11.5 Å². The Labute approximate surface area is 154 Å². The van der Waals surface area contributed by atoms with Crippen LogP contribution >= 0.6 is 0 Å². The monoisotopic (exact) mass is 357 g/mol. The fourth-order valence-electron chi connectivity index (χ4n) is 3.52. The van der Waals surface area contributed by atoms with Crippen molar-refractivity contribution in [1.29, 1.82) is 0 Å². The molecule has 2 heterocycles. The minimum absolute atomic E-state index is 0.124. The van der Waals surface area contributed by atoms with E-state index in [0.717, 1.165) is 13.1 Å². The number of ether oxygens (including phenoxy) is 2. The molecular formula is C20H27N3O3. The number of aryl methyl sites for hydroxylation is 1. The van der Waals surface area contributed by atoms with Gasteiger partial charge in [-0.25, -0.2) is 0 Å². The first-order chi connectivity index (χ1) is 12.6. The number of amides is 1. The van der Waals surface area contributed by atoms with E-state index in [-0.39, 0.29) is 11.9 Å². The van der Waals surface area contributed by atoms with Crippen LogP contribution in [0.15, 0.2) is 36.5 Å². The highest BCUT2D eigenvalue weighted by molar-refractivity contribution is 5.95. The first-order valence-electron chi connectivity index (χ1n) is 8.99. The Hall–Kier alpha value is -2.47. The molecule has 1 saturated heterocycles. The Bertz CT molecular complexity index is 728. The van der Waals surface area contributed by atoms with E-state index in [9.17, 15) is 4.79 Å². The lowest BCUT2D eigenvalue weighted by atomic mass is 10.1. The molecule has 140 valence electrons. The topological polar surface area (TPSA) is 55.7 Å². The number of nitrogens with zero attached hydrogens (tertiary/aromatic N) is 2. The summed E-state index contributed by atoms with van der Waals surface area (Å²) in [5, 5.41) is 3.09. The van der Waals surface area contributed by atoms with Crippen molar-refractivity contribution in [1.82, 2.24) is 14.8 Å². The standard InChI is InChI=1S/C20H27N3O3/c1-22-8-6-7-18(22)19(23-9-4-5-10-23)14-21-20(24)15-11-16(25-2)13-17(12-15)26-3/h6-8,11-13,19H,4-5,9-10,14H2,1-3H3,(H,21,24)/t19-/m0/s1. The van der Waals surface area contributed by atoms with Crippen LogP contribution in [0.4, 0.5) is 0 Å². The highest BCUT2D eigenvalue weighted by Gasteiger charge is 2.25. The molecule has 0 radical (unpaired) electrons. The summed E-state index contributed by atoms with van der Waals surface area (Å²) < 4.78 is 12.6. The summed E-state index contributed by atoms with van der Waals surface area (Å²) in [4.78, 5) is 15.2. The molecule has 2 aromatic rings. The molecule has 0 aliphatic carbocycles. The van der Waals surface area contributed by atoms with Crippen molar-refractivity contribution in [2.75, 3.05) is 33.9 Å². The molecule has 1 fully saturated rings. The van der Waals surface area contributed by atoms with Gasteiger partial charge in [0, 0.05) is 37.1 Å².